The molecule has 3 aromatic heterocycles. The summed E-state index contributed by atoms with van der Waals surface area (Å²) in [6.45, 7) is 4.38. The van der Waals surface area contributed by atoms with Gasteiger partial charge >= 0.3 is 0 Å². The number of sulfonamides is 1. The van der Waals surface area contributed by atoms with Crippen molar-refractivity contribution in [3.05, 3.63) is 108 Å². The molecule has 4 heterocycles. The predicted octanol–water partition coefficient (Wildman–Crippen LogP) is 6.14. The highest BCUT2D eigenvalue weighted by Crippen LogP contribution is 2.34. The van der Waals surface area contributed by atoms with Gasteiger partial charge in [0.1, 0.15) is 0 Å². The molecule has 2 N–H and O–H groups in total. The van der Waals surface area contributed by atoms with Gasteiger partial charge in [0.15, 0.2) is 11.3 Å². The maximum Gasteiger partial charge on any atom is 0.229 e. The lowest BCUT2D eigenvalue weighted by atomic mass is 9.95. The normalized spacial score (nSPS) is 14.4. The Morgan fingerprint density at radius 1 is 0.894 bits per heavy atom. The Bertz CT molecular complexity index is 2190. The number of aromatic nitrogens is 4. The van der Waals surface area contributed by atoms with Gasteiger partial charge in [0, 0.05) is 46.9 Å². The molecule has 6 aromatic rings. The van der Waals surface area contributed by atoms with Crippen LogP contribution in [-0.4, -0.2) is 58.2 Å². The van der Waals surface area contributed by atoms with Crippen molar-refractivity contribution in [3.8, 4) is 22.4 Å². The smallest absolute Gasteiger partial charge is 0.229 e. The first-order valence-electron chi connectivity index (χ1n) is 15.6. The molecule has 0 aliphatic carbocycles. The van der Waals surface area contributed by atoms with Gasteiger partial charge in [-0.1, -0.05) is 60.7 Å². The van der Waals surface area contributed by atoms with Crippen molar-refractivity contribution in [2.24, 2.45) is 5.92 Å². The molecule has 238 valence electrons. The first-order chi connectivity index (χ1) is 22.7. The van der Waals surface area contributed by atoms with Crippen molar-refractivity contribution in [3.63, 3.8) is 0 Å². The van der Waals surface area contributed by atoms with Crippen LogP contribution in [-0.2, 0) is 21.4 Å². The number of hydrogen-bond donors (Lipinski definition) is 2. The van der Waals surface area contributed by atoms with Crippen LogP contribution in [0.2, 0.25) is 0 Å². The average Bonchev–Trinajstić information content (AvgIpc) is 3.45. The fourth-order valence-electron chi connectivity index (χ4n) is 6.21. The topological polar surface area (TPSA) is 122 Å². The number of nitrogens with zero attached hydrogens (tertiary/aromatic N) is 5. The minimum atomic E-state index is -3.40. The predicted molar refractivity (Wildman–Crippen MR) is 185 cm³/mol. The molecule has 1 fully saturated rings. The summed E-state index contributed by atoms with van der Waals surface area (Å²) >= 11 is 0. The van der Waals surface area contributed by atoms with Crippen molar-refractivity contribution >= 4 is 44.0 Å². The monoisotopic (exact) mass is 645 g/mol. The molecule has 10 nitrogen and oxygen atoms in total. The lowest BCUT2D eigenvalue weighted by molar-refractivity contribution is -0.121. The maximum atomic E-state index is 13.0. The first kappa shape index (κ1) is 30.5. The number of piperidine rings is 1. The molecule has 11 heteroatoms. The number of anilines is 2. The zero-order chi connectivity index (χ0) is 32.5. The Kier molecular flexibility index (Phi) is 8.17. The molecule has 0 radical (unpaired) electrons. The fraction of sp³-hybridized carbons (Fsp3) is 0.222. The Hall–Kier alpha value is -5.13. The van der Waals surface area contributed by atoms with Crippen LogP contribution >= 0.6 is 0 Å². The summed E-state index contributed by atoms with van der Waals surface area (Å²) in [5, 5.41) is 8.53. The van der Waals surface area contributed by atoms with Crippen LogP contribution in [0.5, 0.6) is 0 Å². The SMILES string of the molecule is Cc1cc2ncc3cc(-c4ccccc4)c(-c4ccc(CN5CCC(C(=O)Nc6cccc(NS(C)(=O)=O)c6)CC5)cc4)nc3n2n1. The van der Waals surface area contributed by atoms with E-state index in [2.05, 4.69) is 67.5 Å². The third-order valence-electron chi connectivity index (χ3n) is 8.49. The Morgan fingerprint density at radius 2 is 1.64 bits per heavy atom. The van der Waals surface area contributed by atoms with Gasteiger partial charge in [0.25, 0.3) is 0 Å². The third kappa shape index (κ3) is 6.86. The fourth-order valence-corrected chi connectivity index (χ4v) is 6.76. The zero-order valence-corrected chi connectivity index (χ0v) is 27.0. The number of rotatable bonds is 8. The summed E-state index contributed by atoms with van der Waals surface area (Å²) in [5.74, 6) is -0.142. The number of nitrogens with one attached hydrogen (secondary N) is 2. The molecule has 47 heavy (non-hydrogen) atoms. The summed E-state index contributed by atoms with van der Waals surface area (Å²) in [6, 6.07) is 29.7. The first-order valence-corrected chi connectivity index (χ1v) is 17.5. The summed E-state index contributed by atoms with van der Waals surface area (Å²) in [5.41, 5.74) is 8.66. The molecular weight excluding hydrogens is 611 g/mol. The van der Waals surface area contributed by atoms with Gasteiger partial charge in [-0.05, 0) is 68.2 Å². The Balaban J connectivity index is 1.04. The van der Waals surface area contributed by atoms with Gasteiger partial charge in [0.2, 0.25) is 15.9 Å². The standard InChI is InChI=1S/C36H35N7O3S/c1-24-19-33-37-22-29-20-32(26-7-4-3-5-8-26)34(39-35(29)43(33)40-24)27-13-11-25(12-14-27)23-42-17-15-28(16-18-42)36(44)38-30-9-6-10-31(21-30)41-47(2,45)46/h3-14,19-22,28,41H,15-18,23H2,1-2H3,(H,38,44). The highest BCUT2D eigenvalue weighted by Gasteiger charge is 2.25. The van der Waals surface area contributed by atoms with Crippen LogP contribution in [0.4, 0.5) is 11.4 Å². The molecule has 1 aliphatic heterocycles. The number of carbonyl (C=O) groups excluding carboxylic acids is 1. The third-order valence-corrected chi connectivity index (χ3v) is 9.10. The summed E-state index contributed by atoms with van der Waals surface area (Å²) in [4.78, 5) is 25.1. The van der Waals surface area contributed by atoms with Gasteiger partial charge in [-0.15, -0.1) is 0 Å². The second-order valence-corrected chi connectivity index (χ2v) is 13.9. The number of amides is 1. The van der Waals surface area contributed by atoms with E-state index in [0.717, 1.165) is 83.5 Å². The Labute approximate surface area is 273 Å². The number of aryl methyl sites for hydroxylation is 1. The quantitative estimate of drug-likeness (QED) is 0.204. The van der Waals surface area contributed by atoms with Gasteiger partial charge in [0.05, 0.1) is 23.3 Å². The van der Waals surface area contributed by atoms with Crippen LogP contribution < -0.4 is 10.0 Å². The van der Waals surface area contributed by atoms with E-state index in [-0.39, 0.29) is 11.8 Å². The van der Waals surface area contributed by atoms with E-state index in [1.807, 2.05) is 41.9 Å². The summed E-state index contributed by atoms with van der Waals surface area (Å²) in [6.07, 6.45) is 4.47. The highest BCUT2D eigenvalue weighted by atomic mass is 32.2. The van der Waals surface area contributed by atoms with E-state index in [4.69, 9.17) is 4.98 Å². The van der Waals surface area contributed by atoms with Gasteiger partial charge < -0.3 is 5.32 Å². The van der Waals surface area contributed by atoms with E-state index >= 15 is 0 Å². The minimum absolute atomic E-state index is 0.0408. The minimum Gasteiger partial charge on any atom is -0.326 e. The number of likely N-dealkylation sites (tertiary alicyclic amines) is 1. The lowest BCUT2D eigenvalue weighted by Crippen LogP contribution is -2.37. The van der Waals surface area contributed by atoms with Crippen LogP contribution in [0, 0.1) is 12.8 Å². The van der Waals surface area contributed by atoms with Crippen LogP contribution in [0.1, 0.15) is 24.1 Å². The molecular formula is C36H35N7O3S. The highest BCUT2D eigenvalue weighted by molar-refractivity contribution is 7.92. The number of carbonyl (C=O) groups is 1. The van der Waals surface area contributed by atoms with Gasteiger partial charge in [-0.25, -0.2) is 18.4 Å². The van der Waals surface area contributed by atoms with Gasteiger partial charge in [-0.3, -0.25) is 14.4 Å². The van der Waals surface area contributed by atoms with Crippen molar-refractivity contribution in [1.82, 2.24) is 24.5 Å². The van der Waals surface area contributed by atoms with E-state index in [1.165, 1.54) is 5.56 Å². The summed E-state index contributed by atoms with van der Waals surface area (Å²) < 4.78 is 27.4. The second-order valence-electron chi connectivity index (χ2n) is 12.2. The van der Waals surface area contributed by atoms with Gasteiger partial charge in [-0.2, -0.15) is 9.61 Å². The van der Waals surface area contributed by atoms with Crippen molar-refractivity contribution in [2.75, 3.05) is 29.4 Å². The van der Waals surface area contributed by atoms with Crippen molar-refractivity contribution in [2.45, 2.75) is 26.3 Å². The molecule has 0 saturated carbocycles. The average molecular weight is 646 g/mol. The second kappa shape index (κ2) is 12.6. The van der Waals surface area contributed by atoms with Crippen molar-refractivity contribution in [1.29, 1.82) is 0 Å². The van der Waals surface area contributed by atoms with Crippen LogP contribution in [0.15, 0.2) is 97.2 Å². The molecule has 7 rings (SSSR count). The molecule has 1 saturated heterocycles. The Morgan fingerprint density at radius 3 is 2.38 bits per heavy atom. The lowest BCUT2D eigenvalue weighted by Gasteiger charge is -2.31. The molecule has 0 unspecified atom stereocenters. The molecule has 1 aliphatic rings. The maximum absolute atomic E-state index is 13.0. The van der Waals surface area contributed by atoms with E-state index in [9.17, 15) is 13.2 Å². The zero-order valence-electron chi connectivity index (χ0n) is 26.2. The molecule has 1 amide bonds. The van der Waals surface area contributed by atoms with E-state index in [0.29, 0.717) is 11.4 Å². The van der Waals surface area contributed by atoms with Crippen molar-refractivity contribution < 1.29 is 13.2 Å². The molecule has 3 aromatic carbocycles. The van der Waals surface area contributed by atoms with Crippen LogP contribution in [0.25, 0.3) is 39.1 Å². The summed E-state index contributed by atoms with van der Waals surface area (Å²) in [7, 11) is -3.40. The molecule has 0 spiro atoms. The largest absolute Gasteiger partial charge is 0.326 e. The van der Waals surface area contributed by atoms with E-state index in [1.54, 1.807) is 24.3 Å². The molecule has 0 bridgehead atoms. The van der Waals surface area contributed by atoms with Crippen LogP contribution in [0.3, 0.4) is 0 Å². The van der Waals surface area contributed by atoms with E-state index < -0.39 is 10.0 Å². The number of fused-ring (bicyclic) bond motifs is 3. The number of benzene rings is 3. The number of pyridine rings is 1. The number of hydrogen-bond acceptors (Lipinski definition) is 7. The molecule has 0 atom stereocenters.